The number of rotatable bonds is 3. The van der Waals surface area contributed by atoms with Crippen molar-refractivity contribution in [1.29, 1.82) is 0 Å². The van der Waals surface area contributed by atoms with Gasteiger partial charge >= 0.3 is 0 Å². The highest BCUT2D eigenvalue weighted by atomic mass is 16.5. The second kappa shape index (κ2) is 6.04. The van der Waals surface area contributed by atoms with E-state index in [0.29, 0.717) is 31.0 Å². The number of aliphatic hydroxyl groups is 1. The van der Waals surface area contributed by atoms with Crippen molar-refractivity contribution >= 4 is 5.91 Å². The molecule has 6 heteroatoms. The number of hydrogen-bond donors (Lipinski definition) is 1. The van der Waals surface area contributed by atoms with Crippen LogP contribution in [-0.4, -0.2) is 45.9 Å². The fraction of sp³-hybridized carbons (Fsp3) is 0.412. The molecule has 1 saturated heterocycles. The molecule has 0 spiro atoms. The zero-order chi connectivity index (χ0) is 16.4. The van der Waals surface area contributed by atoms with E-state index in [9.17, 15) is 9.90 Å². The third-order valence-corrected chi connectivity index (χ3v) is 4.12. The van der Waals surface area contributed by atoms with Crippen LogP contribution in [0.3, 0.4) is 0 Å². The minimum absolute atomic E-state index is 0.209. The SMILES string of the molecule is Cc1cc(C(=O)N2CC[C@@](C)(O)[C@H](Oc3ccccc3)C2)no1. The van der Waals surface area contributed by atoms with Gasteiger partial charge < -0.3 is 19.3 Å². The molecule has 6 nitrogen and oxygen atoms in total. The van der Waals surface area contributed by atoms with Crippen LogP contribution in [0, 0.1) is 6.92 Å². The average Bonchev–Trinajstić information content (AvgIpc) is 2.96. The maximum Gasteiger partial charge on any atom is 0.276 e. The van der Waals surface area contributed by atoms with Crippen LogP contribution in [0.15, 0.2) is 40.9 Å². The summed E-state index contributed by atoms with van der Waals surface area (Å²) < 4.78 is 10.9. The van der Waals surface area contributed by atoms with Crippen molar-refractivity contribution in [2.45, 2.75) is 32.0 Å². The van der Waals surface area contributed by atoms with Gasteiger partial charge in [0.15, 0.2) is 5.69 Å². The number of carbonyl (C=O) groups excluding carboxylic acids is 1. The smallest absolute Gasteiger partial charge is 0.276 e. The van der Waals surface area contributed by atoms with Gasteiger partial charge in [-0.25, -0.2) is 0 Å². The van der Waals surface area contributed by atoms with Crippen molar-refractivity contribution in [3.05, 3.63) is 47.9 Å². The molecule has 1 fully saturated rings. The summed E-state index contributed by atoms with van der Waals surface area (Å²) in [7, 11) is 0. The predicted molar refractivity (Wildman–Crippen MR) is 83.2 cm³/mol. The molecule has 1 amide bonds. The first-order valence-electron chi connectivity index (χ1n) is 7.62. The van der Waals surface area contributed by atoms with Gasteiger partial charge in [-0.15, -0.1) is 0 Å². The molecule has 2 aromatic rings. The number of piperidine rings is 1. The van der Waals surface area contributed by atoms with Crippen LogP contribution in [0.5, 0.6) is 5.75 Å². The molecule has 1 N–H and O–H groups in total. The largest absolute Gasteiger partial charge is 0.486 e. The van der Waals surface area contributed by atoms with Crippen LogP contribution in [0.25, 0.3) is 0 Å². The van der Waals surface area contributed by atoms with E-state index >= 15 is 0 Å². The Hall–Kier alpha value is -2.34. The highest BCUT2D eigenvalue weighted by Gasteiger charge is 2.41. The van der Waals surface area contributed by atoms with Gasteiger partial charge in [-0.05, 0) is 32.4 Å². The molecule has 1 aromatic heterocycles. The highest BCUT2D eigenvalue weighted by Crippen LogP contribution is 2.27. The van der Waals surface area contributed by atoms with Gasteiger partial charge in [0, 0.05) is 12.6 Å². The highest BCUT2D eigenvalue weighted by molar-refractivity contribution is 5.92. The number of ether oxygens (including phenoxy) is 1. The molecule has 3 rings (SSSR count). The summed E-state index contributed by atoms with van der Waals surface area (Å²) >= 11 is 0. The first-order valence-corrected chi connectivity index (χ1v) is 7.62. The van der Waals surface area contributed by atoms with E-state index in [1.807, 2.05) is 30.3 Å². The molecular formula is C17H20N2O4. The van der Waals surface area contributed by atoms with Crippen LogP contribution in [0.4, 0.5) is 0 Å². The normalized spacial score (nSPS) is 24.5. The minimum Gasteiger partial charge on any atom is -0.486 e. The molecule has 0 radical (unpaired) electrons. The molecule has 0 bridgehead atoms. The van der Waals surface area contributed by atoms with Gasteiger partial charge in [-0.3, -0.25) is 4.79 Å². The van der Waals surface area contributed by atoms with Crippen LogP contribution in [-0.2, 0) is 0 Å². The number of aryl methyl sites for hydroxylation is 1. The van der Waals surface area contributed by atoms with Crippen LogP contribution in [0.2, 0.25) is 0 Å². The fourth-order valence-corrected chi connectivity index (χ4v) is 2.65. The van der Waals surface area contributed by atoms with Gasteiger partial charge in [0.25, 0.3) is 5.91 Å². The molecule has 2 atom stereocenters. The molecule has 23 heavy (non-hydrogen) atoms. The summed E-state index contributed by atoms with van der Waals surface area (Å²) in [6, 6.07) is 10.9. The molecule has 1 aromatic carbocycles. The van der Waals surface area contributed by atoms with Crippen molar-refractivity contribution < 1.29 is 19.2 Å². The van der Waals surface area contributed by atoms with E-state index in [1.54, 1.807) is 24.8 Å². The maximum atomic E-state index is 12.5. The average molecular weight is 316 g/mol. The lowest BCUT2D eigenvalue weighted by atomic mass is 9.90. The Kier molecular flexibility index (Phi) is 4.09. The number of hydrogen-bond acceptors (Lipinski definition) is 5. The summed E-state index contributed by atoms with van der Waals surface area (Å²) in [5.41, 5.74) is -0.714. The van der Waals surface area contributed by atoms with Gasteiger partial charge in [0.2, 0.25) is 0 Å². The van der Waals surface area contributed by atoms with Gasteiger partial charge in [-0.2, -0.15) is 0 Å². The maximum absolute atomic E-state index is 12.5. The minimum atomic E-state index is -0.994. The molecule has 1 aliphatic heterocycles. The van der Waals surface area contributed by atoms with Gasteiger partial charge in [-0.1, -0.05) is 23.4 Å². The van der Waals surface area contributed by atoms with E-state index in [4.69, 9.17) is 9.26 Å². The van der Waals surface area contributed by atoms with Crippen LogP contribution in [0.1, 0.15) is 29.6 Å². The van der Waals surface area contributed by atoms with Crippen molar-refractivity contribution in [3.8, 4) is 5.75 Å². The lowest BCUT2D eigenvalue weighted by Gasteiger charge is -2.42. The molecule has 0 saturated carbocycles. The lowest BCUT2D eigenvalue weighted by Crippen LogP contribution is -2.57. The molecule has 0 aliphatic carbocycles. The second-order valence-corrected chi connectivity index (χ2v) is 6.10. The van der Waals surface area contributed by atoms with Gasteiger partial charge in [0.05, 0.1) is 6.54 Å². The quantitative estimate of drug-likeness (QED) is 0.937. The van der Waals surface area contributed by atoms with Crippen molar-refractivity contribution in [1.82, 2.24) is 10.1 Å². The number of likely N-dealkylation sites (tertiary alicyclic amines) is 1. The fourth-order valence-electron chi connectivity index (χ4n) is 2.65. The summed E-state index contributed by atoms with van der Waals surface area (Å²) in [4.78, 5) is 14.1. The summed E-state index contributed by atoms with van der Waals surface area (Å²) in [6.07, 6.45) is -0.0665. The first kappa shape index (κ1) is 15.6. The molecule has 0 unspecified atom stereocenters. The monoisotopic (exact) mass is 316 g/mol. The van der Waals surface area contributed by atoms with E-state index in [-0.39, 0.29) is 11.6 Å². The Balaban J connectivity index is 1.74. The Morgan fingerprint density at radius 1 is 1.43 bits per heavy atom. The lowest BCUT2D eigenvalue weighted by molar-refractivity contribution is -0.0882. The predicted octanol–water partition coefficient (Wildman–Crippen LogP) is 2.03. The van der Waals surface area contributed by atoms with E-state index in [1.165, 1.54) is 0 Å². The Morgan fingerprint density at radius 3 is 2.83 bits per heavy atom. The third-order valence-electron chi connectivity index (χ3n) is 4.12. The zero-order valence-electron chi connectivity index (χ0n) is 13.2. The summed E-state index contributed by atoms with van der Waals surface area (Å²) in [5, 5.41) is 14.3. The number of para-hydroxylation sites is 1. The van der Waals surface area contributed by atoms with Crippen molar-refractivity contribution in [2.24, 2.45) is 0 Å². The molecule has 2 heterocycles. The van der Waals surface area contributed by atoms with E-state index in [2.05, 4.69) is 5.16 Å². The Labute approximate surface area is 134 Å². The first-order chi connectivity index (χ1) is 11.0. The Morgan fingerprint density at radius 2 is 2.17 bits per heavy atom. The number of carbonyl (C=O) groups is 1. The standard InChI is InChI=1S/C17H20N2O4/c1-12-10-14(18-23-12)16(20)19-9-8-17(2,21)15(11-19)22-13-6-4-3-5-7-13/h3-7,10,15,21H,8-9,11H2,1-2H3/t15-,17-/m1/s1. The van der Waals surface area contributed by atoms with Crippen molar-refractivity contribution in [2.75, 3.05) is 13.1 Å². The molecular weight excluding hydrogens is 296 g/mol. The zero-order valence-corrected chi connectivity index (χ0v) is 13.2. The molecule has 122 valence electrons. The van der Waals surface area contributed by atoms with Gasteiger partial charge in [0.1, 0.15) is 23.2 Å². The van der Waals surface area contributed by atoms with E-state index < -0.39 is 11.7 Å². The second-order valence-electron chi connectivity index (χ2n) is 6.10. The van der Waals surface area contributed by atoms with Crippen molar-refractivity contribution in [3.63, 3.8) is 0 Å². The number of amides is 1. The number of aromatic nitrogens is 1. The number of nitrogens with zero attached hydrogens (tertiary/aromatic N) is 2. The topological polar surface area (TPSA) is 75.8 Å². The van der Waals surface area contributed by atoms with Crippen LogP contribution < -0.4 is 4.74 Å². The number of benzene rings is 1. The summed E-state index contributed by atoms with van der Waals surface area (Å²) in [5.74, 6) is 1.05. The molecule has 1 aliphatic rings. The van der Waals surface area contributed by atoms with Crippen LogP contribution >= 0.6 is 0 Å². The third kappa shape index (κ3) is 3.37. The Bertz CT molecular complexity index is 681. The summed E-state index contributed by atoms with van der Waals surface area (Å²) in [6.45, 7) is 4.23. The van der Waals surface area contributed by atoms with E-state index in [0.717, 1.165) is 0 Å².